The number of hydrogen-bond donors (Lipinski definition) is 2. The smallest absolute Gasteiger partial charge is 0.322 e. The molecule has 2 aromatic carbocycles. The van der Waals surface area contributed by atoms with Gasteiger partial charge in [0, 0.05) is 35.0 Å². The fourth-order valence-electron chi connectivity index (χ4n) is 4.15. The van der Waals surface area contributed by atoms with E-state index in [1.807, 2.05) is 37.3 Å². The van der Waals surface area contributed by atoms with Gasteiger partial charge in [0.05, 0.1) is 0 Å². The third kappa shape index (κ3) is 3.84. The first-order valence-corrected chi connectivity index (χ1v) is 11.1. The SMILES string of the molecule is CC1c2ccc(NC(=O)[C@]3(C)CCN3C(=O)Nc3ccc(Br)cc3)cc2CCN1C. The number of likely N-dealkylation sites (N-methyl/N-ethyl adjacent to an activating group) is 1. The highest BCUT2D eigenvalue weighted by Crippen LogP contribution is 2.34. The molecule has 0 aliphatic carbocycles. The number of benzene rings is 2. The number of amides is 3. The maximum atomic E-state index is 13.1. The van der Waals surface area contributed by atoms with Gasteiger partial charge < -0.3 is 15.5 Å². The topological polar surface area (TPSA) is 64.7 Å². The molecule has 6 nitrogen and oxygen atoms in total. The van der Waals surface area contributed by atoms with Gasteiger partial charge in [-0.05, 0) is 81.3 Å². The monoisotopic (exact) mass is 470 g/mol. The molecule has 0 spiro atoms. The van der Waals surface area contributed by atoms with E-state index in [4.69, 9.17) is 0 Å². The molecule has 2 aliphatic rings. The summed E-state index contributed by atoms with van der Waals surface area (Å²) in [5, 5.41) is 5.91. The summed E-state index contributed by atoms with van der Waals surface area (Å²) in [6, 6.07) is 13.6. The molecule has 30 heavy (non-hydrogen) atoms. The van der Waals surface area contributed by atoms with Crippen LogP contribution in [0.1, 0.15) is 37.4 Å². The van der Waals surface area contributed by atoms with E-state index in [9.17, 15) is 9.59 Å². The Morgan fingerprint density at radius 2 is 1.77 bits per heavy atom. The van der Waals surface area contributed by atoms with Crippen molar-refractivity contribution < 1.29 is 9.59 Å². The van der Waals surface area contributed by atoms with Crippen LogP contribution in [0.3, 0.4) is 0 Å². The Kier molecular flexibility index (Phi) is 5.59. The number of nitrogens with one attached hydrogen (secondary N) is 2. The van der Waals surface area contributed by atoms with Crippen molar-refractivity contribution in [3.8, 4) is 0 Å². The molecule has 2 atom stereocenters. The molecule has 1 saturated heterocycles. The van der Waals surface area contributed by atoms with Crippen molar-refractivity contribution in [2.24, 2.45) is 0 Å². The minimum Gasteiger partial charge on any atom is -0.324 e. The van der Waals surface area contributed by atoms with Gasteiger partial charge in [-0.25, -0.2) is 4.79 Å². The number of urea groups is 1. The van der Waals surface area contributed by atoms with Crippen LogP contribution in [-0.4, -0.2) is 47.4 Å². The van der Waals surface area contributed by atoms with Crippen LogP contribution < -0.4 is 10.6 Å². The van der Waals surface area contributed by atoms with Gasteiger partial charge >= 0.3 is 6.03 Å². The van der Waals surface area contributed by atoms with Crippen molar-refractivity contribution >= 4 is 39.2 Å². The lowest BCUT2D eigenvalue weighted by atomic mass is 9.85. The van der Waals surface area contributed by atoms with Crippen molar-refractivity contribution in [3.63, 3.8) is 0 Å². The summed E-state index contributed by atoms with van der Waals surface area (Å²) in [6.45, 7) is 5.59. The number of nitrogens with zero attached hydrogens (tertiary/aromatic N) is 2. The van der Waals surface area contributed by atoms with Crippen molar-refractivity contribution in [3.05, 3.63) is 58.1 Å². The average Bonchev–Trinajstić information content (AvgIpc) is 2.71. The maximum Gasteiger partial charge on any atom is 0.322 e. The Morgan fingerprint density at radius 3 is 2.43 bits per heavy atom. The second-order valence-corrected chi connectivity index (χ2v) is 9.30. The molecular formula is C23H27BrN4O2. The first kappa shape index (κ1) is 20.9. The molecule has 2 heterocycles. The second-order valence-electron chi connectivity index (χ2n) is 8.39. The Labute approximate surface area is 185 Å². The number of halogens is 1. The molecule has 2 N–H and O–H groups in total. The molecule has 0 radical (unpaired) electrons. The van der Waals surface area contributed by atoms with Gasteiger partial charge in [0.1, 0.15) is 5.54 Å². The van der Waals surface area contributed by atoms with Crippen LogP contribution in [0, 0.1) is 0 Å². The average molecular weight is 471 g/mol. The highest BCUT2D eigenvalue weighted by Gasteiger charge is 2.49. The minimum absolute atomic E-state index is 0.152. The zero-order valence-corrected chi connectivity index (χ0v) is 19.1. The second kappa shape index (κ2) is 8.04. The van der Waals surface area contributed by atoms with E-state index in [0.29, 0.717) is 24.7 Å². The highest BCUT2D eigenvalue weighted by molar-refractivity contribution is 9.10. The molecule has 1 unspecified atom stereocenters. The number of carbonyl (C=O) groups excluding carboxylic acids is 2. The molecular weight excluding hydrogens is 444 g/mol. The molecule has 2 aliphatic heterocycles. The zero-order chi connectivity index (χ0) is 21.5. The van der Waals surface area contributed by atoms with Crippen LogP contribution in [0.15, 0.2) is 46.9 Å². The summed E-state index contributed by atoms with van der Waals surface area (Å²) in [5.41, 5.74) is 3.22. The van der Waals surface area contributed by atoms with E-state index in [1.165, 1.54) is 11.1 Å². The predicted octanol–water partition coefficient (Wildman–Crippen LogP) is 4.63. The number of carbonyl (C=O) groups is 2. The van der Waals surface area contributed by atoms with Gasteiger partial charge in [0.25, 0.3) is 0 Å². The molecule has 1 fully saturated rings. The summed E-state index contributed by atoms with van der Waals surface area (Å²) < 4.78 is 0.944. The molecule has 4 rings (SSSR count). The third-order valence-electron chi connectivity index (χ3n) is 6.49. The quantitative estimate of drug-likeness (QED) is 0.686. The first-order chi connectivity index (χ1) is 14.3. The normalized spacial score (nSPS) is 23.3. The Hall–Kier alpha value is -2.38. The Morgan fingerprint density at radius 1 is 1.07 bits per heavy atom. The van der Waals surface area contributed by atoms with Crippen LogP contribution in [0.4, 0.5) is 16.2 Å². The summed E-state index contributed by atoms with van der Waals surface area (Å²) in [6.07, 6.45) is 1.61. The lowest BCUT2D eigenvalue weighted by Gasteiger charge is -2.48. The summed E-state index contributed by atoms with van der Waals surface area (Å²) in [5.74, 6) is -0.152. The largest absolute Gasteiger partial charge is 0.324 e. The van der Waals surface area contributed by atoms with Crippen LogP contribution in [-0.2, 0) is 11.2 Å². The lowest BCUT2D eigenvalue weighted by molar-refractivity contribution is -0.131. The zero-order valence-electron chi connectivity index (χ0n) is 17.5. The molecule has 7 heteroatoms. The van der Waals surface area contributed by atoms with Gasteiger partial charge in [0.15, 0.2) is 0 Å². The van der Waals surface area contributed by atoms with Gasteiger partial charge in [0.2, 0.25) is 5.91 Å². The molecule has 0 saturated carbocycles. The minimum atomic E-state index is -0.858. The van der Waals surface area contributed by atoms with E-state index in [2.05, 4.69) is 57.6 Å². The van der Waals surface area contributed by atoms with E-state index in [1.54, 1.807) is 4.90 Å². The molecule has 0 aromatic heterocycles. The standard InChI is InChI=1S/C23H27BrN4O2/c1-15-20-9-8-19(14-16(20)10-12-27(15)3)25-21(29)23(2)11-13-28(23)22(30)26-18-6-4-17(24)5-7-18/h4-9,14-15H,10-13H2,1-3H3,(H,25,29)(H,26,30)/t15?,23-/m0/s1. The molecule has 2 aromatic rings. The predicted molar refractivity (Wildman–Crippen MR) is 123 cm³/mol. The van der Waals surface area contributed by atoms with E-state index in [0.717, 1.165) is 23.1 Å². The van der Waals surface area contributed by atoms with Gasteiger partial charge in [-0.3, -0.25) is 9.69 Å². The summed E-state index contributed by atoms with van der Waals surface area (Å²) in [7, 11) is 2.13. The van der Waals surface area contributed by atoms with E-state index < -0.39 is 5.54 Å². The Balaban J connectivity index is 1.44. The van der Waals surface area contributed by atoms with Crippen LogP contribution in [0.2, 0.25) is 0 Å². The first-order valence-electron chi connectivity index (χ1n) is 10.3. The molecule has 158 valence electrons. The number of fused-ring (bicyclic) bond motifs is 1. The fraction of sp³-hybridized carbons (Fsp3) is 0.391. The van der Waals surface area contributed by atoms with Crippen LogP contribution in [0.5, 0.6) is 0 Å². The molecule has 0 bridgehead atoms. The Bertz CT molecular complexity index is 978. The van der Waals surface area contributed by atoms with E-state index in [-0.39, 0.29) is 11.9 Å². The van der Waals surface area contributed by atoms with Crippen molar-refractivity contribution in [2.45, 2.75) is 38.3 Å². The van der Waals surface area contributed by atoms with Gasteiger partial charge in [-0.2, -0.15) is 0 Å². The van der Waals surface area contributed by atoms with Crippen molar-refractivity contribution in [1.29, 1.82) is 0 Å². The number of hydrogen-bond acceptors (Lipinski definition) is 3. The number of rotatable bonds is 3. The fourth-order valence-corrected chi connectivity index (χ4v) is 4.41. The maximum absolute atomic E-state index is 13.1. The molecule has 3 amide bonds. The highest BCUT2D eigenvalue weighted by atomic mass is 79.9. The summed E-state index contributed by atoms with van der Waals surface area (Å²) >= 11 is 3.38. The van der Waals surface area contributed by atoms with E-state index >= 15 is 0 Å². The summed E-state index contributed by atoms with van der Waals surface area (Å²) in [4.78, 5) is 29.7. The van der Waals surface area contributed by atoms with Gasteiger partial charge in [-0.15, -0.1) is 0 Å². The number of anilines is 2. The number of likely N-dealkylation sites (tertiary alicyclic amines) is 1. The van der Waals surface area contributed by atoms with Crippen molar-refractivity contribution in [2.75, 3.05) is 30.8 Å². The lowest BCUT2D eigenvalue weighted by Crippen LogP contribution is -2.67. The van der Waals surface area contributed by atoms with Gasteiger partial charge in [-0.1, -0.05) is 22.0 Å². The van der Waals surface area contributed by atoms with Crippen molar-refractivity contribution in [1.82, 2.24) is 9.80 Å². The van der Waals surface area contributed by atoms with Crippen LogP contribution >= 0.6 is 15.9 Å². The third-order valence-corrected chi connectivity index (χ3v) is 7.02. The van der Waals surface area contributed by atoms with Crippen LogP contribution in [0.25, 0.3) is 0 Å².